The molecule has 66 valence electrons. The van der Waals surface area contributed by atoms with Crippen LogP contribution in [0.5, 0.6) is 0 Å². The maximum Gasteiger partial charge on any atom is 0.149 e. The van der Waals surface area contributed by atoms with Crippen molar-refractivity contribution in [1.29, 1.82) is 0 Å². The molecule has 0 radical (unpaired) electrons. The number of aliphatic hydroxyl groups is 1. The summed E-state index contributed by atoms with van der Waals surface area (Å²) >= 11 is 0. The third-order valence-corrected chi connectivity index (χ3v) is 1.30. The third kappa shape index (κ3) is 2.17. The molecule has 0 unspecified atom stereocenters. The molecule has 1 aromatic carbocycles. The first-order chi connectivity index (χ1) is 5.59. The summed E-state index contributed by atoms with van der Waals surface area (Å²) < 4.78 is 25.2. The fourth-order valence-electron chi connectivity index (χ4n) is 0.832. The lowest BCUT2D eigenvalue weighted by Crippen LogP contribution is -2.14. The average Bonchev–Trinajstić information content (AvgIpc) is 1.94. The van der Waals surface area contributed by atoms with E-state index < -0.39 is 17.9 Å². The lowest BCUT2D eigenvalue weighted by atomic mass is 10.3. The Morgan fingerprint density at radius 3 is 2.58 bits per heavy atom. The van der Waals surface area contributed by atoms with Gasteiger partial charge in [-0.25, -0.2) is 8.78 Å². The van der Waals surface area contributed by atoms with Crippen LogP contribution in [0.1, 0.15) is 6.92 Å². The molecule has 12 heavy (non-hydrogen) atoms. The van der Waals surface area contributed by atoms with Crippen molar-refractivity contribution in [2.75, 3.05) is 5.32 Å². The molecule has 0 bridgehead atoms. The first-order valence-corrected chi connectivity index (χ1v) is 3.49. The van der Waals surface area contributed by atoms with Gasteiger partial charge in [0.2, 0.25) is 0 Å². The number of nitrogens with one attached hydrogen (secondary N) is 1. The molecule has 0 aromatic heterocycles. The van der Waals surface area contributed by atoms with Gasteiger partial charge < -0.3 is 10.4 Å². The number of halogens is 2. The molecular weight excluding hydrogens is 164 g/mol. The molecule has 0 fully saturated rings. The molecule has 0 heterocycles. The second-order valence-electron chi connectivity index (χ2n) is 2.44. The Labute approximate surface area is 68.8 Å². The van der Waals surface area contributed by atoms with E-state index in [0.717, 1.165) is 12.1 Å². The molecule has 1 rings (SSSR count). The van der Waals surface area contributed by atoms with E-state index in [2.05, 4.69) is 5.32 Å². The second-order valence-corrected chi connectivity index (χ2v) is 2.44. The van der Waals surface area contributed by atoms with E-state index in [-0.39, 0.29) is 5.69 Å². The van der Waals surface area contributed by atoms with E-state index in [1.165, 1.54) is 13.0 Å². The van der Waals surface area contributed by atoms with Crippen molar-refractivity contribution >= 4 is 5.69 Å². The van der Waals surface area contributed by atoms with Crippen LogP contribution in [-0.4, -0.2) is 11.3 Å². The Morgan fingerprint density at radius 1 is 1.42 bits per heavy atom. The maximum atomic E-state index is 12.8. The van der Waals surface area contributed by atoms with Gasteiger partial charge in [-0.15, -0.1) is 0 Å². The highest BCUT2D eigenvalue weighted by Crippen LogP contribution is 2.15. The minimum absolute atomic E-state index is 0.0893. The van der Waals surface area contributed by atoms with Gasteiger partial charge in [0.25, 0.3) is 0 Å². The summed E-state index contributed by atoms with van der Waals surface area (Å²) in [6.07, 6.45) is -0.857. The molecule has 4 heteroatoms. The van der Waals surface area contributed by atoms with Crippen LogP contribution in [0.2, 0.25) is 0 Å². The molecule has 2 N–H and O–H groups in total. The van der Waals surface area contributed by atoms with E-state index in [1.807, 2.05) is 0 Å². The predicted molar refractivity (Wildman–Crippen MR) is 41.7 cm³/mol. The first kappa shape index (κ1) is 8.93. The minimum atomic E-state index is -0.857. The summed E-state index contributed by atoms with van der Waals surface area (Å²) in [5.74, 6) is -1.35. The van der Waals surface area contributed by atoms with E-state index in [0.29, 0.717) is 0 Å². The van der Waals surface area contributed by atoms with Gasteiger partial charge in [-0.1, -0.05) is 0 Å². The predicted octanol–water partition coefficient (Wildman–Crippen LogP) is 1.71. The van der Waals surface area contributed by atoms with Gasteiger partial charge >= 0.3 is 0 Å². The van der Waals surface area contributed by atoms with Gasteiger partial charge in [0.15, 0.2) is 0 Å². The number of benzene rings is 1. The summed E-state index contributed by atoms with van der Waals surface area (Å²) in [5.41, 5.74) is 0.0893. The highest BCUT2D eigenvalue weighted by Gasteiger charge is 2.04. The van der Waals surface area contributed by atoms with Crippen LogP contribution in [-0.2, 0) is 0 Å². The lowest BCUT2D eigenvalue weighted by molar-refractivity contribution is 0.224. The Hall–Kier alpha value is -1.16. The van der Waals surface area contributed by atoms with Crippen LogP contribution in [0, 0.1) is 11.6 Å². The summed E-state index contributed by atoms with van der Waals surface area (Å²) in [5, 5.41) is 11.2. The standard InChI is InChI=1S/C8H9F2NO/c1-5(12)11-8-3-2-6(9)4-7(8)10/h2-5,11-12H,1H3/t5-/m1/s1. The Morgan fingerprint density at radius 2 is 2.08 bits per heavy atom. The topological polar surface area (TPSA) is 32.3 Å². The minimum Gasteiger partial charge on any atom is -0.374 e. The highest BCUT2D eigenvalue weighted by molar-refractivity contribution is 5.44. The molecular formula is C8H9F2NO. The van der Waals surface area contributed by atoms with Crippen LogP contribution in [0.25, 0.3) is 0 Å². The summed E-state index contributed by atoms with van der Waals surface area (Å²) in [4.78, 5) is 0. The molecule has 0 spiro atoms. The number of aliphatic hydroxyl groups excluding tert-OH is 1. The van der Waals surface area contributed by atoms with Gasteiger partial charge in [0.05, 0.1) is 5.69 Å². The maximum absolute atomic E-state index is 12.8. The summed E-state index contributed by atoms with van der Waals surface area (Å²) in [7, 11) is 0. The monoisotopic (exact) mass is 173 g/mol. The zero-order valence-corrected chi connectivity index (χ0v) is 6.51. The fourth-order valence-corrected chi connectivity index (χ4v) is 0.832. The largest absolute Gasteiger partial charge is 0.374 e. The van der Waals surface area contributed by atoms with Crippen LogP contribution in [0.3, 0.4) is 0 Å². The van der Waals surface area contributed by atoms with Gasteiger partial charge in [-0.05, 0) is 19.1 Å². The zero-order valence-electron chi connectivity index (χ0n) is 6.51. The zero-order chi connectivity index (χ0) is 9.14. The van der Waals surface area contributed by atoms with E-state index in [1.54, 1.807) is 0 Å². The number of hydrogen-bond acceptors (Lipinski definition) is 2. The van der Waals surface area contributed by atoms with Crippen molar-refractivity contribution in [2.45, 2.75) is 13.2 Å². The van der Waals surface area contributed by atoms with Crippen LogP contribution < -0.4 is 5.32 Å². The van der Waals surface area contributed by atoms with Gasteiger partial charge in [0, 0.05) is 6.07 Å². The van der Waals surface area contributed by atoms with Crippen molar-refractivity contribution < 1.29 is 13.9 Å². The van der Waals surface area contributed by atoms with E-state index in [4.69, 9.17) is 5.11 Å². The van der Waals surface area contributed by atoms with Crippen molar-refractivity contribution in [1.82, 2.24) is 0 Å². The molecule has 0 aliphatic carbocycles. The van der Waals surface area contributed by atoms with Gasteiger partial charge in [-0.2, -0.15) is 0 Å². The number of anilines is 1. The number of hydrogen-bond donors (Lipinski definition) is 2. The summed E-state index contributed by atoms with van der Waals surface area (Å²) in [6, 6.07) is 3.11. The van der Waals surface area contributed by atoms with Gasteiger partial charge in [-0.3, -0.25) is 0 Å². The summed E-state index contributed by atoms with van der Waals surface area (Å²) in [6.45, 7) is 1.45. The quantitative estimate of drug-likeness (QED) is 0.667. The van der Waals surface area contributed by atoms with Crippen molar-refractivity contribution in [3.8, 4) is 0 Å². The van der Waals surface area contributed by atoms with Crippen molar-refractivity contribution in [2.24, 2.45) is 0 Å². The van der Waals surface area contributed by atoms with Crippen LogP contribution in [0.15, 0.2) is 18.2 Å². The normalized spacial score (nSPS) is 12.7. The Balaban J connectivity index is 2.86. The Bertz CT molecular complexity index is 276. The number of rotatable bonds is 2. The second kappa shape index (κ2) is 3.49. The SMILES string of the molecule is C[C@@H](O)Nc1ccc(F)cc1F. The molecule has 0 amide bonds. The van der Waals surface area contributed by atoms with E-state index in [9.17, 15) is 8.78 Å². The first-order valence-electron chi connectivity index (χ1n) is 3.49. The third-order valence-electron chi connectivity index (χ3n) is 1.30. The average molecular weight is 173 g/mol. The molecule has 1 atom stereocenters. The van der Waals surface area contributed by atoms with Crippen molar-refractivity contribution in [3.63, 3.8) is 0 Å². The molecule has 2 nitrogen and oxygen atoms in total. The highest BCUT2D eigenvalue weighted by atomic mass is 19.1. The lowest BCUT2D eigenvalue weighted by Gasteiger charge is -2.09. The van der Waals surface area contributed by atoms with Crippen molar-refractivity contribution in [3.05, 3.63) is 29.8 Å². The molecule has 0 saturated heterocycles. The van der Waals surface area contributed by atoms with E-state index >= 15 is 0 Å². The van der Waals surface area contributed by atoms with Gasteiger partial charge in [0.1, 0.15) is 17.9 Å². The molecule has 0 aliphatic heterocycles. The van der Waals surface area contributed by atoms with Crippen LogP contribution >= 0.6 is 0 Å². The smallest absolute Gasteiger partial charge is 0.149 e. The molecule has 1 aromatic rings. The van der Waals surface area contributed by atoms with Crippen LogP contribution in [0.4, 0.5) is 14.5 Å². The fraction of sp³-hybridized carbons (Fsp3) is 0.250. The molecule has 0 saturated carbocycles. The molecule has 0 aliphatic rings. The Kier molecular flexibility index (Phi) is 2.60.